The van der Waals surface area contributed by atoms with Crippen molar-refractivity contribution in [2.24, 2.45) is 0 Å². The van der Waals surface area contributed by atoms with Gasteiger partial charge in [-0.1, -0.05) is 154 Å². The molecule has 0 heterocycles. The maximum absolute atomic E-state index is 12.8. The molecule has 8 N–H and O–H groups in total. The summed E-state index contributed by atoms with van der Waals surface area (Å²) >= 11 is 0. The van der Waals surface area contributed by atoms with Gasteiger partial charge >= 0.3 is 7.82 Å². The van der Waals surface area contributed by atoms with Crippen molar-refractivity contribution in [2.45, 2.75) is 217 Å². The van der Waals surface area contributed by atoms with Crippen molar-refractivity contribution in [3.63, 3.8) is 0 Å². The second kappa shape index (κ2) is 29.4. The average molecular weight is 752 g/mol. The van der Waals surface area contributed by atoms with Gasteiger partial charge in [-0.05, 0) is 19.3 Å². The molecule has 1 aliphatic rings. The zero-order valence-corrected chi connectivity index (χ0v) is 32.6. The summed E-state index contributed by atoms with van der Waals surface area (Å²) < 4.78 is 22.7. The van der Waals surface area contributed by atoms with Gasteiger partial charge in [0.2, 0.25) is 5.91 Å². The van der Waals surface area contributed by atoms with Crippen molar-refractivity contribution in [3.05, 3.63) is 12.2 Å². The number of rotatable bonds is 32. The number of hydrogen-bond donors (Lipinski definition) is 8. The van der Waals surface area contributed by atoms with E-state index in [2.05, 4.69) is 19.2 Å². The van der Waals surface area contributed by atoms with Crippen LogP contribution in [0.25, 0.3) is 0 Å². The summed E-state index contributed by atoms with van der Waals surface area (Å²) in [6.07, 6.45) is 17.5. The fourth-order valence-electron chi connectivity index (χ4n) is 6.43. The summed E-state index contributed by atoms with van der Waals surface area (Å²) in [5.41, 5.74) is 0. The average Bonchev–Trinajstić information content (AvgIpc) is 3.11. The lowest BCUT2D eigenvalue weighted by Gasteiger charge is -2.41. The van der Waals surface area contributed by atoms with Crippen LogP contribution < -0.4 is 5.32 Å². The van der Waals surface area contributed by atoms with E-state index in [1.165, 1.54) is 89.5 Å². The van der Waals surface area contributed by atoms with Crippen molar-refractivity contribution in [3.8, 4) is 0 Å². The second-order valence-corrected chi connectivity index (χ2v) is 15.9. The molecule has 0 bridgehead atoms. The molecule has 13 heteroatoms. The van der Waals surface area contributed by atoms with Gasteiger partial charge in [0.15, 0.2) is 0 Å². The number of nitrogens with one attached hydrogen (secondary N) is 1. The third-order valence-electron chi connectivity index (χ3n) is 9.82. The number of hydrogen-bond acceptors (Lipinski definition) is 10. The lowest BCUT2D eigenvalue weighted by atomic mass is 9.85. The Morgan fingerprint density at radius 2 is 1.04 bits per heavy atom. The highest BCUT2D eigenvalue weighted by Crippen LogP contribution is 2.47. The largest absolute Gasteiger partial charge is 0.472 e. The van der Waals surface area contributed by atoms with E-state index in [4.69, 9.17) is 9.05 Å². The number of aliphatic hydroxyl groups excluding tert-OH is 6. The van der Waals surface area contributed by atoms with Gasteiger partial charge in [0.05, 0.1) is 18.8 Å². The van der Waals surface area contributed by atoms with Crippen molar-refractivity contribution in [1.29, 1.82) is 0 Å². The lowest BCUT2D eigenvalue weighted by Crippen LogP contribution is -2.64. The highest BCUT2D eigenvalue weighted by atomic mass is 31.2. The van der Waals surface area contributed by atoms with Crippen molar-refractivity contribution >= 4 is 13.7 Å². The number of aliphatic hydroxyl groups is 6. The van der Waals surface area contributed by atoms with Crippen LogP contribution in [0.1, 0.15) is 168 Å². The molecule has 0 aromatic carbocycles. The van der Waals surface area contributed by atoms with Crippen molar-refractivity contribution in [1.82, 2.24) is 5.32 Å². The first-order valence-electron chi connectivity index (χ1n) is 20.1. The molecular weight excluding hydrogens is 677 g/mol. The summed E-state index contributed by atoms with van der Waals surface area (Å²) in [4.78, 5) is 23.1. The molecular formula is C38H74NO11P. The van der Waals surface area contributed by atoms with E-state index in [0.717, 1.165) is 57.8 Å². The van der Waals surface area contributed by atoms with Crippen LogP contribution in [0.3, 0.4) is 0 Å². The topological polar surface area (TPSA) is 206 Å². The predicted molar refractivity (Wildman–Crippen MR) is 200 cm³/mol. The summed E-state index contributed by atoms with van der Waals surface area (Å²) in [5.74, 6) is -0.348. The molecule has 12 nitrogen and oxygen atoms in total. The zero-order valence-electron chi connectivity index (χ0n) is 31.7. The van der Waals surface area contributed by atoms with Gasteiger partial charge in [-0.25, -0.2) is 4.57 Å². The third kappa shape index (κ3) is 22.2. The molecule has 51 heavy (non-hydrogen) atoms. The van der Waals surface area contributed by atoms with E-state index in [1.54, 1.807) is 0 Å². The molecule has 6 unspecified atom stereocenters. The van der Waals surface area contributed by atoms with Crippen LogP contribution in [0.5, 0.6) is 0 Å². The molecule has 302 valence electrons. The van der Waals surface area contributed by atoms with Crippen LogP contribution in [0.2, 0.25) is 0 Å². The summed E-state index contributed by atoms with van der Waals surface area (Å²) in [6.45, 7) is 3.76. The molecule has 0 spiro atoms. The summed E-state index contributed by atoms with van der Waals surface area (Å²) in [7, 11) is -5.06. The standard InChI is InChI=1S/C38H74NO11P/c1-3-5-7-9-11-12-13-14-15-16-17-18-19-20-22-23-25-27-31(40)30(39-32(41)28-26-24-21-10-8-6-4-2)29-49-51(47,48)50-38-36(45)34(43)33(42)35(44)37(38)46/h25,27,30-31,33-38,40,42-46H,3-24,26,28-29H2,1-2H3,(H,39,41)(H,47,48)/b27-25+/t30-,31+,33?,34+,35?,36?,37?,38?/m0/s1. The first-order valence-corrected chi connectivity index (χ1v) is 21.6. The fraction of sp³-hybridized carbons (Fsp3) is 0.921. The van der Waals surface area contributed by atoms with Crippen LogP contribution in [0.4, 0.5) is 0 Å². The number of carbonyl (C=O) groups excluding carboxylic acids is 1. The van der Waals surface area contributed by atoms with E-state index >= 15 is 0 Å². The lowest BCUT2D eigenvalue weighted by molar-refractivity contribution is -0.220. The Morgan fingerprint density at radius 3 is 1.49 bits per heavy atom. The Balaban J connectivity index is 2.52. The van der Waals surface area contributed by atoms with E-state index in [-0.39, 0.29) is 12.3 Å². The minimum absolute atomic E-state index is 0.214. The van der Waals surface area contributed by atoms with Crippen LogP contribution in [0.15, 0.2) is 12.2 Å². The molecule has 1 aliphatic carbocycles. The molecule has 1 fully saturated rings. The molecule has 1 rings (SSSR count). The minimum Gasteiger partial charge on any atom is -0.387 e. The van der Waals surface area contributed by atoms with Gasteiger partial charge in [-0.2, -0.15) is 0 Å². The molecule has 1 saturated carbocycles. The zero-order chi connectivity index (χ0) is 37.9. The van der Waals surface area contributed by atoms with E-state index in [9.17, 15) is 44.9 Å². The molecule has 0 saturated heterocycles. The summed E-state index contributed by atoms with van der Waals surface area (Å²) in [5, 5.41) is 63.6. The first-order chi connectivity index (χ1) is 24.4. The van der Waals surface area contributed by atoms with Gasteiger partial charge < -0.3 is 40.8 Å². The number of carbonyl (C=O) groups is 1. The molecule has 0 aromatic rings. The Bertz CT molecular complexity index is 926. The van der Waals surface area contributed by atoms with Gasteiger partial charge in [-0.15, -0.1) is 0 Å². The van der Waals surface area contributed by atoms with E-state index < -0.39 is 63.2 Å². The number of allylic oxidation sites excluding steroid dienone is 1. The smallest absolute Gasteiger partial charge is 0.387 e. The second-order valence-electron chi connectivity index (χ2n) is 14.5. The van der Waals surface area contributed by atoms with E-state index in [0.29, 0.717) is 6.42 Å². The highest BCUT2D eigenvalue weighted by Gasteiger charge is 2.51. The Morgan fingerprint density at radius 1 is 0.647 bits per heavy atom. The van der Waals surface area contributed by atoms with Gasteiger partial charge in [0, 0.05) is 6.42 Å². The maximum Gasteiger partial charge on any atom is 0.472 e. The Hall–Kier alpha value is -0.920. The van der Waals surface area contributed by atoms with Crippen LogP contribution >= 0.6 is 7.82 Å². The Kier molecular flexibility index (Phi) is 27.8. The maximum atomic E-state index is 12.8. The van der Waals surface area contributed by atoms with Crippen LogP contribution in [0, 0.1) is 0 Å². The van der Waals surface area contributed by atoms with Crippen LogP contribution in [-0.2, 0) is 18.4 Å². The van der Waals surface area contributed by atoms with Crippen LogP contribution in [-0.4, -0.2) is 96.8 Å². The molecule has 0 aromatic heterocycles. The first kappa shape index (κ1) is 48.1. The predicted octanol–water partition coefficient (Wildman–Crippen LogP) is 6.11. The summed E-state index contributed by atoms with van der Waals surface area (Å²) in [6, 6.07) is -1.11. The number of phosphoric ester groups is 1. The molecule has 0 radical (unpaired) electrons. The van der Waals surface area contributed by atoms with Crippen molar-refractivity contribution < 1.29 is 53.9 Å². The molecule has 0 aliphatic heterocycles. The fourth-order valence-corrected chi connectivity index (χ4v) is 7.40. The Labute approximate surface area is 308 Å². The normalized spacial score (nSPS) is 24.8. The number of phosphoric acid groups is 1. The number of amides is 1. The van der Waals surface area contributed by atoms with E-state index in [1.807, 2.05) is 6.08 Å². The molecule has 9 atom stereocenters. The van der Waals surface area contributed by atoms with Gasteiger partial charge in [0.1, 0.15) is 36.6 Å². The highest BCUT2D eigenvalue weighted by molar-refractivity contribution is 7.47. The molecule has 1 amide bonds. The monoisotopic (exact) mass is 751 g/mol. The van der Waals surface area contributed by atoms with Gasteiger partial charge in [0.25, 0.3) is 0 Å². The minimum atomic E-state index is -5.06. The van der Waals surface area contributed by atoms with Gasteiger partial charge in [-0.3, -0.25) is 13.8 Å². The van der Waals surface area contributed by atoms with Crippen molar-refractivity contribution in [2.75, 3.05) is 6.61 Å². The quantitative estimate of drug-likeness (QED) is 0.0224. The SMILES string of the molecule is CCCCCCCCCCCCCCCCC/C=C/[C@@H](O)[C@H](COP(=O)(O)OC1C(O)C(O)C(O)[C@@H](O)C1O)NC(=O)CCCCCCCCC. The third-order valence-corrected chi connectivity index (χ3v) is 10.8. The number of unbranched alkanes of at least 4 members (excludes halogenated alkanes) is 21.